The summed E-state index contributed by atoms with van der Waals surface area (Å²) in [5.74, 6) is 1.46. The topological polar surface area (TPSA) is 70.2 Å². The van der Waals surface area contributed by atoms with Gasteiger partial charge in [-0.3, -0.25) is 4.79 Å². The number of anilines is 2. The van der Waals surface area contributed by atoms with E-state index in [1.165, 1.54) is 0 Å². The maximum atomic E-state index is 12.6. The van der Waals surface area contributed by atoms with Crippen LogP contribution in [0.3, 0.4) is 0 Å². The van der Waals surface area contributed by atoms with Crippen molar-refractivity contribution in [1.82, 2.24) is 15.3 Å². The number of hydrogen-bond donors (Lipinski definition) is 2. The number of amides is 1. The van der Waals surface area contributed by atoms with E-state index in [1.807, 2.05) is 49.3 Å². The number of para-hydroxylation sites is 1. The van der Waals surface area contributed by atoms with E-state index in [0.29, 0.717) is 11.5 Å². The summed E-state index contributed by atoms with van der Waals surface area (Å²) < 4.78 is 0. The van der Waals surface area contributed by atoms with Gasteiger partial charge in [0.25, 0.3) is 5.91 Å². The second kappa shape index (κ2) is 9.92. The van der Waals surface area contributed by atoms with E-state index in [0.717, 1.165) is 48.0 Å². The summed E-state index contributed by atoms with van der Waals surface area (Å²) >= 11 is 11.9. The largest absolute Gasteiger partial charge is 0.362 e. The quantitative estimate of drug-likeness (QED) is 0.475. The fraction of sp³-hybridized carbons (Fsp3) is 0.375. The SMILES string of the molecule is CN(C)c1nc(N[C@H]2CC[C@@H](NC(=O)c3cccc(C(Cl)Cl)c3)CC2)nc2ccccc12. The first-order valence-electron chi connectivity index (χ1n) is 10.8. The van der Waals surface area contributed by atoms with Gasteiger partial charge in [0.2, 0.25) is 5.95 Å². The average Bonchev–Trinajstić information content (AvgIpc) is 2.79. The van der Waals surface area contributed by atoms with E-state index >= 15 is 0 Å². The molecule has 3 aromatic rings. The van der Waals surface area contributed by atoms with Crippen LogP contribution in [0.4, 0.5) is 11.8 Å². The first kappa shape index (κ1) is 22.6. The van der Waals surface area contributed by atoms with Gasteiger partial charge in [0.1, 0.15) is 10.7 Å². The lowest BCUT2D eigenvalue weighted by atomic mass is 9.91. The molecule has 0 atom stereocenters. The van der Waals surface area contributed by atoms with Crippen molar-refractivity contribution in [3.8, 4) is 0 Å². The molecule has 6 nitrogen and oxygen atoms in total. The van der Waals surface area contributed by atoms with Crippen molar-refractivity contribution in [3.05, 3.63) is 59.7 Å². The number of aromatic nitrogens is 2. The minimum Gasteiger partial charge on any atom is -0.362 e. The second-order valence-corrected chi connectivity index (χ2v) is 9.47. The summed E-state index contributed by atoms with van der Waals surface area (Å²) in [6.45, 7) is 0. The number of benzene rings is 2. The van der Waals surface area contributed by atoms with Gasteiger partial charge in [0.05, 0.1) is 5.52 Å². The predicted molar refractivity (Wildman–Crippen MR) is 132 cm³/mol. The molecule has 8 heteroatoms. The highest BCUT2D eigenvalue weighted by atomic mass is 35.5. The molecule has 0 aliphatic heterocycles. The predicted octanol–water partition coefficient (Wildman–Crippen LogP) is 5.33. The van der Waals surface area contributed by atoms with E-state index in [4.69, 9.17) is 33.2 Å². The standard InChI is InChI=1S/C24H27Cl2N5O/c1-31(2)22-19-8-3-4-9-20(19)29-24(30-22)28-18-12-10-17(11-13-18)27-23(32)16-7-5-6-15(14-16)21(25)26/h3-9,14,17-18,21H,10-13H2,1-2H3,(H,27,32)(H,28,29,30)/t17-,18+. The maximum absolute atomic E-state index is 12.6. The molecular weight excluding hydrogens is 445 g/mol. The van der Waals surface area contributed by atoms with E-state index in [-0.39, 0.29) is 18.0 Å². The minimum atomic E-state index is -0.644. The van der Waals surface area contributed by atoms with Crippen LogP contribution in [0.15, 0.2) is 48.5 Å². The Morgan fingerprint density at radius 1 is 1.00 bits per heavy atom. The molecule has 1 amide bonds. The van der Waals surface area contributed by atoms with Crippen LogP contribution < -0.4 is 15.5 Å². The number of rotatable bonds is 6. The smallest absolute Gasteiger partial charge is 0.251 e. The number of alkyl halides is 2. The third-order valence-corrected chi connectivity index (χ3v) is 6.31. The highest BCUT2D eigenvalue weighted by Crippen LogP contribution is 2.27. The van der Waals surface area contributed by atoms with Crippen molar-refractivity contribution in [2.45, 2.75) is 42.6 Å². The molecule has 2 aromatic carbocycles. The first-order valence-corrected chi connectivity index (χ1v) is 11.7. The third kappa shape index (κ3) is 5.25. The highest BCUT2D eigenvalue weighted by molar-refractivity contribution is 6.44. The zero-order chi connectivity index (χ0) is 22.7. The molecule has 1 saturated carbocycles. The van der Waals surface area contributed by atoms with Crippen LogP contribution in [0.2, 0.25) is 0 Å². The zero-order valence-corrected chi connectivity index (χ0v) is 19.7. The number of nitrogens with zero attached hydrogens (tertiary/aromatic N) is 3. The van der Waals surface area contributed by atoms with Gasteiger partial charge in [-0.05, 0) is 55.5 Å². The van der Waals surface area contributed by atoms with Crippen molar-refractivity contribution >= 4 is 51.8 Å². The molecule has 0 unspecified atom stereocenters. The van der Waals surface area contributed by atoms with Crippen LogP contribution in [-0.2, 0) is 0 Å². The Morgan fingerprint density at radius 2 is 1.72 bits per heavy atom. The molecular formula is C24H27Cl2N5O. The first-order chi connectivity index (χ1) is 15.4. The molecule has 168 valence electrons. The van der Waals surface area contributed by atoms with Crippen molar-refractivity contribution in [1.29, 1.82) is 0 Å². The van der Waals surface area contributed by atoms with Crippen LogP contribution >= 0.6 is 23.2 Å². The normalized spacial score (nSPS) is 18.5. The van der Waals surface area contributed by atoms with Crippen LogP contribution in [0, 0.1) is 0 Å². The molecule has 1 aliphatic carbocycles. The molecule has 0 saturated heterocycles. The number of carbonyl (C=O) groups excluding carboxylic acids is 1. The number of carbonyl (C=O) groups is 1. The van der Waals surface area contributed by atoms with Gasteiger partial charge >= 0.3 is 0 Å². The van der Waals surface area contributed by atoms with Crippen molar-refractivity contribution in [2.24, 2.45) is 0 Å². The lowest BCUT2D eigenvalue weighted by Gasteiger charge is -2.30. The molecule has 1 aliphatic rings. The molecule has 0 spiro atoms. The Kier molecular flexibility index (Phi) is 7.01. The fourth-order valence-electron chi connectivity index (χ4n) is 4.11. The Morgan fingerprint density at radius 3 is 2.44 bits per heavy atom. The van der Waals surface area contributed by atoms with Gasteiger partial charge in [-0.25, -0.2) is 4.98 Å². The van der Waals surface area contributed by atoms with E-state index in [9.17, 15) is 4.79 Å². The number of fused-ring (bicyclic) bond motifs is 1. The summed E-state index contributed by atoms with van der Waals surface area (Å²) in [6.07, 6.45) is 3.66. The number of halogens is 2. The fourth-order valence-corrected chi connectivity index (χ4v) is 4.39. The summed E-state index contributed by atoms with van der Waals surface area (Å²) in [4.78, 5) is 23.4. The average molecular weight is 472 g/mol. The Labute approximate surface area is 198 Å². The molecule has 1 heterocycles. The van der Waals surface area contributed by atoms with Gasteiger partial charge < -0.3 is 15.5 Å². The molecule has 32 heavy (non-hydrogen) atoms. The maximum Gasteiger partial charge on any atom is 0.251 e. The monoisotopic (exact) mass is 471 g/mol. The molecule has 4 rings (SSSR count). The van der Waals surface area contributed by atoms with Crippen LogP contribution in [0.1, 0.15) is 46.4 Å². The van der Waals surface area contributed by atoms with E-state index in [1.54, 1.807) is 18.2 Å². The van der Waals surface area contributed by atoms with Crippen molar-refractivity contribution in [3.63, 3.8) is 0 Å². The zero-order valence-electron chi connectivity index (χ0n) is 18.2. The molecule has 1 aromatic heterocycles. The van der Waals surface area contributed by atoms with Crippen molar-refractivity contribution < 1.29 is 4.79 Å². The summed E-state index contributed by atoms with van der Waals surface area (Å²) in [5, 5.41) is 7.68. The number of nitrogens with one attached hydrogen (secondary N) is 2. The summed E-state index contributed by atoms with van der Waals surface area (Å²) in [6, 6.07) is 15.6. The molecule has 2 N–H and O–H groups in total. The van der Waals surface area contributed by atoms with E-state index in [2.05, 4.69) is 10.6 Å². The summed E-state index contributed by atoms with van der Waals surface area (Å²) in [5.41, 5.74) is 2.23. The van der Waals surface area contributed by atoms with Crippen LogP contribution in [-0.4, -0.2) is 42.1 Å². The Bertz CT molecular complexity index is 1100. The highest BCUT2D eigenvalue weighted by Gasteiger charge is 2.24. The van der Waals surface area contributed by atoms with Crippen LogP contribution in [0.5, 0.6) is 0 Å². The second-order valence-electron chi connectivity index (χ2n) is 8.37. The third-order valence-electron chi connectivity index (χ3n) is 5.80. The van der Waals surface area contributed by atoms with Gasteiger partial charge in [-0.1, -0.05) is 24.3 Å². The van der Waals surface area contributed by atoms with E-state index < -0.39 is 4.84 Å². The van der Waals surface area contributed by atoms with Gasteiger partial charge in [0.15, 0.2) is 0 Å². The molecule has 1 fully saturated rings. The number of hydrogen-bond acceptors (Lipinski definition) is 5. The van der Waals surface area contributed by atoms with Gasteiger partial charge in [-0.2, -0.15) is 4.98 Å². The lowest BCUT2D eigenvalue weighted by Crippen LogP contribution is -2.40. The van der Waals surface area contributed by atoms with Gasteiger partial charge in [-0.15, -0.1) is 23.2 Å². The van der Waals surface area contributed by atoms with Crippen LogP contribution in [0.25, 0.3) is 10.9 Å². The van der Waals surface area contributed by atoms with Gasteiger partial charge in [0, 0.05) is 37.1 Å². The summed E-state index contributed by atoms with van der Waals surface area (Å²) in [7, 11) is 3.98. The minimum absolute atomic E-state index is 0.0919. The molecule has 0 radical (unpaired) electrons. The van der Waals surface area contributed by atoms with Crippen molar-refractivity contribution in [2.75, 3.05) is 24.3 Å². The Balaban J connectivity index is 1.36. The Hall–Kier alpha value is -2.57. The lowest BCUT2D eigenvalue weighted by molar-refractivity contribution is 0.0926. The molecule has 0 bridgehead atoms.